The van der Waals surface area contributed by atoms with Gasteiger partial charge in [0.1, 0.15) is 5.69 Å². The number of halogens is 1. The number of hydrogen-bond acceptors (Lipinski definition) is 5. The van der Waals surface area contributed by atoms with Crippen LogP contribution in [0.3, 0.4) is 0 Å². The van der Waals surface area contributed by atoms with Crippen LogP contribution in [0, 0.1) is 6.92 Å². The number of amides is 1. The fourth-order valence-electron chi connectivity index (χ4n) is 3.69. The summed E-state index contributed by atoms with van der Waals surface area (Å²) in [4.78, 5) is 20.6. The molecule has 0 saturated carbocycles. The summed E-state index contributed by atoms with van der Waals surface area (Å²) >= 11 is 7.81. The van der Waals surface area contributed by atoms with Crippen molar-refractivity contribution in [1.29, 1.82) is 0 Å². The highest BCUT2D eigenvalue weighted by atomic mass is 35.5. The van der Waals surface area contributed by atoms with Gasteiger partial charge in [-0.25, -0.2) is 13.4 Å². The van der Waals surface area contributed by atoms with E-state index in [2.05, 4.69) is 4.98 Å². The van der Waals surface area contributed by atoms with Crippen molar-refractivity contribution < 1.29 is 13.2 Å². The van der Waals surface area contributed by atoms with Crippen LogP contribution >= 0.6 is 22.9 Å². The fourth-order valence-corrected chi connectivity index (χ4v) is 6.53. The number of benzene rings is 2. The van der Waals surface area contributed by atoms with E-state index in [1.54, 1.807) is 11.0 Å². The molecule has 0 bridgehead atoms. The molecule has 0 aliphatic carbocycles. The molecule has 2 aromatic carbocycles. The van der Waals surface area contributed by atoms with Gasteiger partial charge in [0.25, 0.3) is 5.91 Å². The zero-order chi connectivity index (χ0) is 21.3. The lowest BCUT2D eigenvalue weighted by molar-refractivity contribution is 0.0676. The highest BCUT2D eigenvalue weighted by Gasteiger charge is 2.36. The van der Waals surface area contributed by atoms with Crippen LogP contribution in [0.15, 0.2) is 54.6 Å². The molecule has 30 heavy (non-hydrogen) atoms. The number of sulfone groups is 1. The molecule has 1 unspecified atom stereocenters. The van der Waals surface area contributed by atoms with E-state index in [1.165, 1.54) is 11.3 Å². The smallest absolute Gasteiger partial charge is 0.274 e. The van der Waals surface area contributed by atoms with E-state index in [4.69, 9.17) is 11.6 Å². The number of aryl methyl sites for hydroxylation is 1. The number of hydrogen-bond donors (Lipinski definition) is 0. The molecule has 2 heterocycles. The highest BCUT2D eigenvalue weighted by molar-refractivity contribution is 7.91. The van der Waals surface area contributed by atoms with Crippen LogP contribution in [0.2, 0.25) is 5.02 Å². The number of rotatable bonds is 5. The Morgan fingerprint density at radius 2 is 1.87 bits per heavy atom. The third-order valence-corrected chi connectivity index (χ3v) is 8.32. The number of nitrogens with zero attached hydrogens (tertiary/aromatic N) is 2. The van der Waals surface area contributed by atoms with Gasteiger partial charge in [-0.1, -0.05) is 60.1 Å². The van der Waals surface area contributed by atoms with Crippen LogP contribution in [0.1, 0.15) is 27.5 Å². The standard InChI is InChI=1S/C22H21ClN2O3S2/c1-15-24-20(21(29-15)16-7-3-2-4-8-16)22(26)25(18-11-12-30(27,28)14-18)13-17-9-5-6-10-19(17)23/h2-10,18H,11-14H2,1H3. The molecule has 1 saturated heterocycles. The molecule has 1 fully saturated rings. The minimum Gasteiger partial charge on any atom is -0.329 e. The third-order valence-electron chi connectivity index (χ3n) is 5.18. The van der Waals surface area contributed by atoms with Gasteiger partial charge in [-0.05, 0) is 30.5 Å². The molecule has 1 aliphatic heterocycles. The molecule has 8 heteroatoms. The van der Waals surface area contributed by atoms with Crippen LogP contribution in [-0.2, 0) is 16.4 Å². The summed E-state index contributed by atoms with van der Waals surface area (Å²) in [6.07, 6.45) is 0.419. The van der Waals surface area contributed by atoms with Crippen LogP contribution in [0.4, 0.5) is 0 Å². The maximum absolute atomic E-state index is 13.7. The average Bonchev–Trinajstić information content (AvgIpc) is 3.29. The normalized spacial score (nSPS) is 17.7. The van der Waals surface area contributed by atoms with Gasteiger partial charge in [0.05, 0.1) is 21.4 Å². The van der Waals surface area contributed by atoms with Gasteiger partial charge in [0.2, 0.25) is 0 Å². The van der Waals surface area contributed by atoms with Gasteiger partial charge < -0.3 is 4.90 Å². The molecule has 0 N–H and O–H groups in total. The first-order valence-corrected chi connectivity index (χ1v) is 12.6. The molecule has 1 atom stereocenters. The lowest BCUT2D eigenvalue weighted by Crippen LogP contribution is -2.41. The van der Waals surface area contributed by atoms with E-state index in [-0.39, 0.29) is 24.0 Å². The second kappa shape index (κ2) is 8.49. The number of carbonyl (C=O) groups excluding carboxylic acids is 1. The van der Waals surface area contributed by atoms with Gasteiger partial charge >= 0.3 is 0 Å². The zero-order valence-corrected chi connectivity index (χ0v) is 18.8. The zero-order valence-electron chi connectivity index (χ0n) is 16.4. The van der Waals surface area contributed by atoms with Gasteiger partial charge in [-0.2, -0.15) is 0 Å². The van der Waals surface area contributed by atoms with Gasteiger partial charge in [0, 0.05) is 17.6 Å². The Morgan fingerprint density at radius 3 is 2.53 bits per heavy atom. The number of carbonyl (C=O) groups is 1. The average molecular weight is 461 g/mol. The van der Waals surface area contributed by atoms with Crippen molar-refractivity contribution in [1.82, 2.24) is 9.88 Å². The SMILES string of the molecule is Cc1nc(C(=O)N(Cc2ccccc2Cl)C2CCS(=O)(=O)C2)c(-c2ccccc2)s1. The number of aromatic nitrogens is 1. The molecular formula is C22H21ClN2O3S2. The summed E-state index contributed by atoms with van der Waals surface area (Å²) in [5.74, 6) is -0.210. The molecule has 4 rings (SSSR count). The van der Waals surface area contributed by atoms with E-state index in [0.29, 0.717) is 17.1 Å². The molecule has 1 aliphatic rings. The van der Waals surface area contributed by atoms with Crippen LogP contribution in [-0.4, -0.2) is 41.8 Å². The van der Waals surface area contributed by atoms with Crippen LogP contribution in [0.5, 0.6) is 0 Å². The molecule has 0 spiro atoms. The Balaban J connectivity index is 1.74. The number of thiazole rings is 1. The largest absolute Gasteiger partial charge is 0.329 e. The lowest BCUT2D eigenvalue weighted by atomic mass is 10.1. The maximum Gasteiger partial charge on any atom is 0.274 e. The monoisotopic (exact) mass is 460 g/mol. The molecule has 0 radical (unpaired) electrons. The van der Waals surface area contributed by atoms with E-state index in [0.717, 1.165) is 21.0 Å². The molecule has 1 amide bonds. The Bertz CT molecular complexity index is 1180. The van der Waals surface area contributed by atoms with Gasteiger partial charge in [-0.3, -0.25) is 4.79 Å². The van der Waals surface area contributed by atoms with Crippen molar-refractivity contribution in [2.75, 3.05) is 11.5 Å². The summed E-state index contributed by atoms with van der Waals surface area (Å²) in [5, 5.41) is 1.34. The second-order valence-corrected chi connectivity index (χ2v) is 11.2. The van der Waals surface area contributed by atoms with Crippen molar-refractivity contribution in [2.45, 2.75) is 25.9 Å². The van der Waals surface area contributed by atoms with E-state index >= 15 is 0 Å². The second-order valence-electron chi connectivity index (χ2n) is 7.36. The molecule has 5 nitrogen and oxygen atoms in total. The summed E-state index contributed by atoms with van der Waals surface area (Å²) < 4.78 is 24.3. The predicted octanol–water partition coefficient (Wildman–Crippen LogP) is 4.60. The Labute approximate surface area is 185 Å². The summed E-state index contributed by atoms with van der Waals surface area (Å²) in [6.45, 7) is 2.11. The van der Waals surface area contributed by atoms with Crippen LogP contribution in [0.25, 0.3) is 10.4 Å². The predicted molar refractivity (Wildman–Crippen MR) is 121 cm³/mol. The molecular weight excluding hydrogens is 440 g/mol. The van der Waals surface area contributed by atoms with Crippen molar-refractivity contribution >= 4 is 38.7 Å². The minimum atomic E-state index is -3.16. The van der Waals surface area contributed by atoms with E-state index in [1.807, 2.05) is 55.5 Å². The summed E-state index contributed by atoms with van der Waals surface area (Å²) in [7, 11) is -3.16. The van der Waals surface area contributed by atoms with Crippen molar-refractivity contribution in [2.24, 2.45) is 0 Å². The van der Waals surface area contributed by atoms with Crippen molar-refractivity contribution in [3.63, 3.8) is 0 Å². The quantitative estimate of drug-likeness (QED) is 0.558. The molecule has 156 valence electrons. The Hall–Kier alpha value is -2.22. The van der Waals surface area contributed by atoms with Crippen molar-refractivity contribution in [3.05, 3.63) is 75.9 Å². The molecule has 1 aromatic heterocycles. The summed E-state index contributed by atoms with van der Waals surface area (Å²) in [5.41, 5.74) is 2.06. The Morgan fingerprint density at radius 1 is 1.17 bits per heavy atom. The first kappa shape index (κ1) is 21.0. The Kier molecular flexibility index (Phi) is 5.95. The topological polar surface area (TPSA) is 67.3 Å². The first-order valence-electron chi connectivity index (χ1n) is 9.62. The first-order chi connectivity index (χ1) is 14.3. The van der Waals surface area contributed by atoms with Crippen molar-refractivity contribution in [3.8, 4) is 10.4 Å². The summed E-state index contributed by atoms with van der Waals surface area (Å²) in [6, 6.07) is 16.6. The van der Waals surface area contributed by atoms with Gasteiger partial charge in [0.15, 0.2) is 9.84 Å². The van der Waals surface area contributed by atoms with Gasteiger partial charge in [-0.15, -0.1) is 11.3 Å². The fraction of sp³-hybridized carbons (Fsp3) is 0.273. The molecule has 3 aromatic rings. The van der Waals surface area contributed by atoms with Crippen LogP contribution < -0.4 is 0 Å². The maximum atomic E-state index is 13.7. The van der Waals surface area contributed by atoms with E-state index in [9.17, 15) is 13.2 Å². The minimum absolute atomic E-state index is 0.0347. The highest BCUT2D eigenvalue weighted by Crippen LogP contribution is 2.33. The van der Waals surface area contributed by atoms with E-state index < -0.39 is 15.9 Å². The third kappa shape index (κ3) is 4.43. The lowest BCUT2D eigenvalue weighted by Gasteiger charge is -2.28.